The molecule has 1 aliphatic rings. The van der Waals surface area contributed by atoms with Gasteiger partial charge in [-0.1, -0.05) is 6.58 Å². The molecule has 0 saturated carbocycles. The molecule has 1 fully saturated rings. The van der Waals surface area contributed by atoms with E-state index in [4.69, 9.17) is 0 Å². The Balaban J connectivity index is 1.60. The lowest BCUT2D eigenvalue weighted by atomic mass is 10.1. The molecule has 10 heteroatoms. The zero-order valence-corrected chi connectivity index (χ0v) is 12.9. The van der Waals surface area contributed by atoms with Gasteiger partial charge in [-0.25, -0.2) is 0 Å². The maximum atomic E-state index is 12.5. The first-order chi connectivity index (χ1) is 11.8. The number of H-pyrrole nitrogens is 1. The largest absolute Gasteiger partial charge is 0.431 e. The lowest BCUT2D eigenvalue weighted by molar-refractivity contribution is -0.140. The van der Waals surface area contributed by atoms with E-state index < -0.39 is 17.8 Å². The minimum Gasteiger partial charge on any atom is -0.347 e. The normalized spacial score (nSPS) is 14.9. The van der Waals surface area contributed by atoms with Crippen molar-refractivity contribution in [3.8, 4) is 0 Å². The van der Waals surface area contributed by atoms with Gasteiger partial charge in [0.05, 0.1) is 6.04 Å². The molecule has 0 bridgehead atoms. The molecule has 2 amide bonds. The van der Waals surface area contributed by atoms with Gasteiger partial charge in [0, 0.05) is 25.4 Å². The molecule has 3 rings (SSSR count). The minimum atomic E-state index is -4.54. The smallest absolute Gasteiger partial charge is 0.347 e. The molecule has 0 unspecified atom stereocenters. The van der Waals surface area contributed by atoms with Crippen LogP contribution in [0, 0.1) is 0 Å². The number of hydrogen-bond acceptors (Lipinski definition) is 3. The second kappa shape index (κ2) is 6.11. The van der Waals surface area contributed by atoms with Crippen LogP contribution in [0.25, 0.3) is 0 Å². The van der Waals surface area contributed by atoms with E-state index in [9.17, 15) is 22.8 Å². The van der Waals surface area contributed by atoms with E-state index in [2.05, 4.69) is 17.0 Å². The summed E-state index contributed by atoms with van der Waals surface area (Å²) in [5.74, 6) is -0.677. The third kappa shape index (κ3) is 3.42. The molecular formula is C15H14F3N5O2. The monoisotopic (exact) mass is 353 g/mol. The number of anilines is 1. The van der Waals surface area contributed by atoms with E-state index in [0.29, 0.717) is 13.1 Å². The summed E-state index contributed by atoms with van der Waals surface area (Å²) in [6.45, 7) is 4.36. The van der Waals surface area contributed by atoms with Crippen molar-refractivity contribution >= 4 is 17.6 Å². The molecule has 3 heterocycles. The molecule has 0 spiro atoms. The first-order valence-electron chi connectivity index (χ1n) is 7.32. The Hall–Kier alpha value is -3.04. The number of aromatic nitrogens is 3. The highest BCUT2D eigenvalue weighted by atomic mass is 19.4. The average molecular weight is 353 g/mol. The fraction of sp³-hybridized carbons (Fsp3) is 0.267. The van der Waals surface area contributed by atoms with Gasteiger partial charge in [-0.05, 0) is 18.2 Å². The third-order valence-corrected chi connectivity index (χ3v) is 3.81. The Morgan fingerprint density at radius 3 is 2.64 bits per heavy atom. The summed E-state index contributed by atoms with van der Waals surface area (Å²) in [6.07, 6.45) is -1.68. The van der Waals surface area contributed by atoms with E-state index in [0.717, 1.165) is 12.1 Å². The number of alkyl halides is 3. The van der Waals surface area contributed by atoms with E-state index in [1.54, 1.807) is 15.8 Å². The number of amides is 2. The number of likely N-dealkylation sites (tertiary alicyclic amines) is 1. The predicted octanol–water partition coefficient (Wildman–Crippen LogP) is 2.05. The summed E-state index contributed by atoms with van der Waals surface area (Å²) in [5, 5.41) is 6.58. The van der Waals surface area contributed by atoms with Gasteiger partial charge in [-0.3, -0.25) is 14.3 Å². The summed E-state index contributed by atoms with van der Waals surface area (Å²) in [4.78, 5) is 27.0. The zero-order valence-electron chi connectivity index (χ0n) is 12.9. The van der Waals surface area contributed by atoms with Crippen LogP contribution in [0.5, 0.6) is 0 Å². The van der Waals surface area contributed by atoms with Crippen molar-refractivity contribution in [1.82, 2.24) is 19.7 Å². The second-order valence-electron chi connectivity index (χ2n) is 5.52. The van der Waals surface area contributed by atoms with E-state index in [-0.39, 0.29) is 23.5 Å². The molecule has 25 heavy (non-hydrogen) atoms. The number of hydrogen-bond donors (Lipinski definition) is 2. The number of rotatable bonds is 4. The van der Waals surface area contributed by atoms with Crippen LogP contribution >= 0.6 is 0 Å². The van der Waals surface area contributed by atoms with Gasteiger partial charge in [0.2, 0.25) is 5.91 Å². The van der Waals surface area contributed by atoms with Crippen molar-refractivity contribution in [3.63, 3.8) is 0 Å². The summed E-state index contributed by atoms with van der Waals surface area (Å²) >= 11 is 0. The summed E-state index contributed by atoms with van der Waals surface area (Å²) in [5.41, 5.74) is -1.21. The van der Waals surface area contributed by atoms with Gasteiger partial charge in [0.25, 0.3) is 5.91 Å². The maximum Gasteiger partial charge on any atom is 0.431 e. The van der Waals surface area contributed by atoms with E-state index in [1.165, 1.54) is 12.1 Å². The van der Waals surface area contributed by atoms with Gasteiger partial charge in [-0.2, -0.15) is 18.3 Å². The van der Waals surface area contributed by atoms with Gasteiger partial charge in [-0.15, -0.1) is 0 Å². The molecule has 7 nitrogen and oxygen atoms in total. The highest BCUT2D eigenvalue weighted by Gasteiger charge is 2.33. The number of nitrogens with one attached hydrogen (secondary N) is 2. The molecule has 0 aromatic carbocycles. The first kappa shape index (κ1) is 16.8. The van der Waals surface area contributed by atoms with Crippen molar-refractivity contribution in [2.24, 2.45) is 0 Å². The molecule has 2 aromatic heterocycles. The van der Waals surface area contributed by atoms with Crippen molar-refractivity contribution < 1.29 is 22.8 Å². The fourth-order valence-electron chi connectivity index (χ4n) is 2.42. The summed E-state index contributed by atoms with van der Waals surface area (Å²) in [6, 6.07) is 3.37. The molecule has 0 atom stereocenters. The average Bonchev–Trinajstić information content (AvgIpc) is 3.14. The maximum absolute atomic E-state index is 12.5. The van der Waals surface area contributed by atoms with Crippen LogP contribution in [-0.2, 0) is 11.0 Å². The third-order valence-electron chi connectivity index (χ3n) is 3.81. The lowest BCUT2D eigenvalue weighted by Gasteiger charge is -2.38. The highest BCUT2D eigenvalue weighted by molar-refractivity contribution is 6.02. The van der Waals surface area contributed by atoms with Crippen LogP contribution in [0.1, 0.15) is 22.2 Å². The number of nitrogens with zero attached hydrogens (tertiary/aromatic N) is 3. The standard InChI is InChI=1S/C15H14F3N5O2/c1-2-13(24)22-7-9(8-22)23-6-5-12(21-23)20-14(25)10-3-4-11(19-10)15(16,17)18/h2-6,9,19H,1,7-8H2,(H,20,21,25). The van der Waals surface area contributed by atoms with Crippen LogP contribution in [-0.4, -0.2) is 44.6 Å². The molecular weight excluding hydrogens is 339 g/mol. The van der Waals surface area contributed by atoms with Crippen LogP contribution < -0.4 is 5.32 Å². The van der Waals surface area contributed by atoms with Crippen molar-refractivity contribution in [2.75, 3.05) is 18.4 Å². The fourth-order valence-corrected chi connectivity index (χ4v) is 2.42. The topological polar surface area (TPSA) is 83.0 Å². The van der Waals surface area contributed by atoms with E-state index in [1.807, 2.05) is 4.98 Å². The number of halogens is 3. The second-order valence-corrected chi connectivity index (χ2v) is 5.52. The van der Waals surface area contributed by atoms with Crippen molar-refractivity contribution in [3.05, 3.63) is 48.4 Å². The Kier molecular flexibility index (Phi) is 4.11. The van der Waals surface area contributed by atoms with Gasteiger partial charge in [0.15, 0.2) is 5.82 Å². The van der Waals surface area contributed by atoms with Gasteiger partial charge >= 0.3 is 6.18 Å². The van der Waals surface area contributed by atoms with Crippen LogP contribution in [0.3, 0.4) is 0 Å². The van der Waals surface area contributed by atoms with E-state index >= 15 is 0 Å². The molecule has 2 N–H and O–H groups in total. The number of aromatic amines is 1. The van der Waals surface area contributed by atoms with Crippen molar-refractivity contribution in [2.45, 2.75) is 12.2 Å². The molecule has 2 aromatic rings. The molecule has 1 aliphatic heterocycles. The van der Waals surface area contributed by atoms with Gasteiger partial charge in [0.1, 0.15) is 11.4 Å². The van der Waals surface area contributed by atoms with Crippen LogP contribution in [0.4, 0.5) is 19.0 Å². The summed E-state index contributed by atoms with van der Waals surface area (Å²) in [7, 11) is 0. The molecule has 0 radical (unpaired) electrons. The summed E-state index contributed by atoms with van der Waals surface area (Å²) < 4.78 is 39.2. The first-order valence-corrected chi connectivity index (χ1v) is 7.32. The number of carbonyl (C=O) groups is 2. The molecule has 0 aliphatic carbocycles. The highest BCUT2D eigenvalue weighted by Crippen LogP contribution is 2.28. The quantitative estimate of drug-likeness (QED) is 0.826. The predicted molar refractivity (Wildman–Crippen MR) is 81.8 cm³/mol. The molecule has 132 valence electrons. The zero-order chi connectivity index (χ0) is 18.2. The lowest BCUT2D eigenvalue weighted by Crippen LogP contribution is -2.50. The Morgan fingerprint density at radius 1 is 1.32 bits per heavy atom. The molecule has 1 saturated heterocycles. The Morgan fingerprint density at radius 2 is 2.04 bits per heavy atom. The van der Waals surface area contributed by atoms with Crippen LogP contribution in [0.15, 0.2) is 37.1 Å². The SMILES string of the molecule is C=CC(=O)N1CC(n2ccc(NC(=O)c3ccc(C(F)(F)F)[nH]3)n2)C1. The minimum absolute atomic E-state index is 0.0168. The Bertz CT molecular complexity index is 817. The van der Waals surface area contributed by atoms with Crippen molar-refractivity contribution in [1.29, 1.82) is 0 Å². The van der Waals surface area contributed by atoms with Gasteiger partial charge < -0.3 is 15.2 Å². The van der Waals surface area contributed by atoms with Crippen LogP contribution in [0.2, 0.25) is 0 Å². The number of carbonyl (C=O) groups excluding carboxylic acids is 2. The Labute approximate surface area is 140 Å².